The van der Waals surface area contributed by atoms with Crippen molar-refractivity contribution in [3.05, 3.63) is 0 Å². The van der Waals surface area contributed by atoms with Crippen LogP contribution in [0.2, 0.25) is 0 Å². The highest BCUT2D eigenvalue weighted by molar-refractivity contribution is 5.83. The lowest BCUT2D eigenvalue weighted by molar-refractivity contribution is -0.147. The molecule has 1 saturated carbocycles. The minimum atomic E-state index is -0.507. The highest BCUT2D eigenvalue weighted by Crippen LogP contribution is 2.48. The Morgan fingerprint density at radius 1 is 1.64 bits per heavy atom. The molecule has 2 atom stereocenters. The van der Waals surface area contributed by atoms with Crippen molar-refractivity contribution in [2.24, 2.45) is 0 Å². The van der Waals surface area contributed by atoms with E-state index in [1.807, 2.05) is 0 Å². The number of fused-ring (bicyclic) bond motifs is 1. The average Bonchev–Trinajstić information content (AvgIpc) is 2.78. The van der Waals surface area contributed by atoms with Gasteiger partial charge in [-0.3, -0.25) is 0 Å². The van der Waals surface area contributed by atoms with Gasteiger partial charge in [-0.25, -0.2) is 4.79 Å². The van der Waals surface area contributed by atoms with Gasteiger partial charge in [0.1, 0.15) is 0 Å². The molecule has 3 nitrogen and oxygen atoms in total. The second-order valence-electron chi connectivity index (χ2n) is 3.23. The van der Waals surface area contributed by atoms with Crippen LogP contribution in [0.1, 0.15) is 25.7 Å². The summed E-state index contributed by atoms with van der Waals surface area (Å²) in [5.74, 6) is -0.179. The third-order valence-electron chi connectivity index (χ3n) is 2.61. The van der Waals surface area contributed by atoms with Crippen molar-refractivity contribution in [1.29, 1.82) is 0 Å². The lowest BCUT2D eigenvalue weighted by atomic mass is 9.89. The van der Waals surface area contributed by atoms with Crippen LogP contribution >= 0.6 is 0 Å². The third-order valence-corrected chi connectivity index (χ3v) is 2.61. The van der Waals surface area contributed by atoms with Crippen LogP contribution in [-0.4, -0.2) is 24.8 Å². The minimum absolute atomic E-state index is 0.170. The molecule has 1 saturated heterocycles. The van der Waals surface area contributed by atoms with Crippen LogP contribution in [0.5, 0.6) is 0 Å². The molecule has 0 radical (unpaired) electrons. The Labute approximate surface area is 65.7 Å². The Bertz CT molecular complexity index is 190. The Hall–Kier alpha value is -0.570. The van der Waals surface area contributed by atoms with Gasteiger partial charge >= 0.3 is 5.97 Å². The maximum atomic E-state index is 11.2. The van der Waals surface area contributed by atoms with Gasteiger partial charge in [0.05, 0.1) is 13.2 Å². The van der Waals surface area contributed by atoms with Gasteiger partial charge in [-0.1, -0.05) is 6.42 Å². The van der Waals surface area contributed by atoms with Crippen LogP contribution in [0.4, 0.5) is 0 Å². The van der Waals surface area contributed by atoms with Crippen LogP contribution in [-0.2, 0) is 14.3 Å². The summed E-state index contributed by atoms with van der Waals surface area (Å²) >= 11 is 0. The molecule has 0 aromatic carbocycles. The summed E-state index contributed by atoms with van der Waals surface area (Å²) < 4.78 is 10.0. The van der Waals surface area contributed by atoms with Gasteiger partial charge in [0.2, 0.25) is 0 Å². The zero-order valence-electron chi connectivity index (χ0n) is 6.63. The number of esters is 1. The molecule has 62 valence electrons. The molecule has 1 aliphatic carbocycles. The predicted octanol–water partition coefficient (Wildman–Crippen LogP) is 0.871. The summed E-state index contributed by atoms with van der Waals surface area (Å²) in [6.07, 6.45) is 4.32. The molecule has 1 aliphatic heterocycles. The zero-order chi connectivity index (χ0) is 7.90. The number of hydrogen-bond donors (Lipinski definition) is 0. The lowest BCUT2D eigenvalue weighted by Gasteiger charge is -2.13. The van der Waals surface area contributed by atoms with Crippen molar-refractivity contribution >= 4 is 5.97 Å². The third kappa shape index (κ3) is 0.872. The minimum Gasteiger partial charge on any atom is -0.467 e. The van der Waals surface area contributed by atoms with E-state index >= 15 is 0 Å². The number of ether oxygens (including phenoxy) is 2. The maximum Gasteiger partial charge on any atom is 0.340 e. The summed E-state index contributed by atoms with van der Waals surface area (Å²) in [6.45, 7) is 0. The van der Waals surface area contributed by atoms with E-state index in [-0.39, 0.29) is 12.1 Å². The summed E-state index contributed by atoms with van der Waals surface area (Å²) in [4.78, 5) is 11.2. The first-order valence-electron chi connectivity index (χ1n) is 4.06. The fourth-order valence-electron chi connectivity index (χ4n) is 1.90. The molecular weight excluding hydrogens is 144 g/mol. The highest BCUT2D eigenvalue weighted by atomic mass is 16.7. The SMILES string of the molecule is COC(=O)C12CCCCC1O2. The van der Waals surface area contributed by atoms with Crippen molar-refractivity contribution in [3.63, 3.8) is 0 Å². The van der Waals surface area contributed by atoms with Crippen molar-refractivity contribution in [2.75, 3.05) is 7.11 Å². The van der Waals surface area contributed by atoms with Crippen molar-refractivity contribution in [1.82, 2.24) is 0 Å². The fourth-order valence-corrected chi connectivity index (χ4v) is 1.90. The molecule has 0 aromatic rings. The van der Waals surface area contributed by atoms with Crippen LogP contribution in [0.15, 0.2) is 0 Å². The smallest absolute Gasteiger partial charge is 0.340 e. The summed E-state index contributed by atoms with van der Waals surface area (Å²) in [5.41, 5.74) is -0.507. The Kier molecular flexibility index (Phi) is 1.42. The molecule has 3 heteroatoms. The number of carbonyl (C=O) groups excluding carboxylic acids is 1. The second kappa shape index (κ2) is 2.21. The fraction of sp³-hybridized carbons (Fsp3) is 0.875. The first-order valence-corrected chi connectivity index (χ1v) is 4.06. The maximum absolute atomic E-state index is 11.2. The molecule has 2 aliphatic rings. The molecule has 0 aromatic heterocycles. The molecule has 0 N–H and O–H groups in total. The van der Waals surface area contributed by atoms with E-state index in [0.717, 1.165) is 19.3 Å². The van der Waals surface area contributed by atoms with E-state index < -0.39 is 5.60 Å². The summed E-state index contributed by atoms with van der Waals surface area (Å²) in [7, 11) is 1.42. The standard InChI is InChI=1S/C8H12O3/c1-10-7(9)8-5-3-2-4-6(8)11-8/h6H,2-5H2,1H3. The van der Waals surface area contributed by atoms with Gasteiger partial charge in [-0.15, -0.1) is 0 Å². The van der Waals surface area contributed by atoms with E-state index in [4.69, 9.17) is 4.74 Å². The number of epoxide rings is 1. The first-order chi connectivity index (χ1) is 5.29. The van der Waals surface area contributed by atoms with Gasteiger partial charge in [-0.2, -0.15) is 0 Å². The van der Waals surface area contributed by atoms with Gasteiger partial charge in [0.25, 0.3) is 0 Å². The number of hydrogen-bond acceptors (Lipinski definition) is 3. The van der Waals surface area contributed by atoms with E-state index in [0.29, 0.717) is 0 Å². The molecule has 2 fully saturated rings. The summed E-state index contributed by atoms with van der Waals surface area (Å²) in [6, 6.07) is 0. The molecule has 2 unspecified atom stereocenters. The molecule has 2 rings (SSSR count). The van der Waals surface area contributed by atoms with Gasteiger partial charge < -0.3 is 9.47 Å². The molecular formula is C8H12O3. The molecule has 0 bridgehead atoms. The first kappa shape index (κ1) is 7.10. The van der Waals surface area contributed by atoms with Crippen molar-refractivity contribution in [2.45, 2.75) is 37.4 Å². The van der Waals surface area contributed by atoms with Crippen molar-refractivity contribution < 1.29 is 14.3 Å². The normalized spacial score (nSPS) is 41.0. The highest BCUT2D eigenvalue weighted by Gasteiger charge is 2.63. The van der Waals surface area contributed by atoms with E-state index in [9.17, 15) is 4.79 Å². The number of carbonyl (C=O) groups is 1. The van der Waals surface area contributed by atoms with E-state index in [1.54, 1.807) is 0 Å². The molecule has 0 amide bonds. The number of rotatable bonds is 1. The lowest BCUT2D eigenvalue weighted by Crippen LogP contribution is -2.30. The van der Waals surface area contributed by atoms with E-state index in [1.165, 1.54) is 13.5 Å². The zero-order valence-corrected chi connectivity index (χ0v) is 6.63. The Morgan fingerprint density at radius 2 is 2.45 bits per heavy atom. The van der Waals surface area contributed by atoms with Crippen LogP contribution in [0, 0.1) is 0 Å². The van der Waals surface area contributed by atoms with Crippen LogP contribution < -0.4 is 0 Å². The number of methoxy groups -OCH3 is 1. The van der Waals surface area contributed by atoms with E-state index in [2.05, 4.69) is 4.74 Å². The van der Waals surface area contributed by atoms with Gasteiger partial charge in [-0.05, 0) is 19.3 Å². The topological polar surface area (TPSA) is 38.8 Å². The second-order valence-corrected chi connectivity index (χ2v) is 3.23. The molecule has 11 heavy (non-hydrogen) atoms. The monoisotopic (exact) mass is 156 g/mol. The van der Waals surface area contributed by atoms with Crippen molar-refractivity contribution in [3.8, 4) is 0 Å². The quantitative estimate of drug-likeness (QED) is 0.417. The Morgan fingerprint density at radius 3 is 3.09 bits per heavy atom. The largest absolute Gasteiger partial charge is 0.467 e. The predicted molar refractivity (Wildman–Crippen MR) is 38.1 cm³/mol. The van der Waals surface area contributed by atoms with Gasteiger partial charge in [0.15, 0.2) is 5.60 Å². The summed E-state index contributed by atoms with van der Waals surface area (Å²) in [5, 5.41) is 0. The molecule has 1 heterocycles. The van der Waals surface area contributed by atoms with Crippen LogP contribution in [0.25, 0.3) is 0 Å². The van der Waals surface area contributed by atoms with Gasteiger partial charge in [0, 0.05) is 0 Å². The average molecular weight is 156 g/mol. The van der Waals surface area contributed by atoms with Crippen LogP contribution in [0.3, 0.4) is 0 Å². The Balaban J connectivity index is 2.07. The molecule has 0 spiro atoms.